The van der Waals surface area contributed by atoms with E-state index in [1.54, 1.807) is 0 Å². The Labute approximate surface area is 380 Å². The minimum atomic E-state index is -0.0928. The topological polar surface area (TPSA) is 30.9 Å². The van der Waals surface area contributed by atoms with Crippen LogP contribution in [0, 0.1) is 13.8 Å². The summed E-state index contributed by atoms with van der Waals surface area (Å²) < 4.78 is 7.05. The molecule has 11 aromatic rings. The normalized spacial score (nSPS) is 11.8. The van der Waals surface area contributed by atoms with Crippen molar-refractivity contribution in [2.45, 2.75) is 40.2 Å². The minimum Gasteiger partial charge on any atom is -0.309 e. The number of aryl methyl sites for hydroxylation is 2. The number of anilines is 3. The van der Waals surface area contributed by atoms with Gasteiger partial charge in [-0.1, -0.05) is 121 Å². The number of hydrogen-bond acceptors (Lipinski definition) is 2. The number of aromatic nitrogens is 4. The van der Waals surface area contributed by atoms with E-state index in [0.29, 0.717) is 0 Å². The van der Waals surface area contributed by atoms with Crippen molar-refractivity contribution in [2.75, 3.05) is 4.90 Å². The number of rotatable bonds is 8. The summed E-state index contributed by atoms with van der Waals surface area (Å²) in [6, 6.07) is 72.3. The van der Waals surface area contributed by atoms with Crippen molar-refractivity contribution in [3.63, 3.8) is 0 Å². The molecule has 0 aliphatic rings. The van der Waals surface area contributed by atoms with Crippen LogP contribution in [0.1, 0.15) is 31.9 Å². The molecular formula is C60H50N5+. The van der Waals surface area contributed by atoms with Crippen LogP contribution in [0.4, 0.5) is 17.1 Å². The van der Waals surface area contributed by atoms with Crippen molar-refractivity contribution < 1.29 is 0 Å². The lowest BCUT2D eigenvalue weighted by atomic mass is 9.88. The molecule has 3 aromatic heterocycles. The standard InChI is InChI=1S/C60H50N5/c1-41-19-16-20-42(2)59(41)64(47-26-17-25-46(38-47)62-40-63(60(3,4)5)55-32-15-14-31-54(55)62)48-33-34-52-51-27-12-13-30-53(51)65(56(52)39-48)57-37-45(35-36-61-57)58-49(43-21-8-6-9-22-43)28-18-29-50(58)44-23-10-7-11-24-44/h6-40H,1-5H3/q+1. The van der Waals surface area contributed by atoms with Crippen LogP contribution in [0.25, 0.3) is 77.7 Å². The number of benzene rings is 8. The molecule has 0 N–H and O–H groups in total. The summed E-state index contributed by atoms with van der Waals surface area (Å²) in [5.41, 5.74) is 18.3. The molecule has 0 amide bonds. The minimum absolute atomic E-state index is 0.0928. The third kappa shape index (κ3) is 6.97. The predicted molar refractivity (Wildman–Crippen MR) is 273 cm³/mol. The molecule has 8 aromatic carbocycles. The Kier molecular flexibility index (Phi) is 9.77. The van der Waals surface area contributed by atoms with E-state index in [2.05, 4.69) is 260 Å². The summed E-state index contributed by atoms with van der Waals surface area (Å²) in [7, 11) is 0. The molecule has 0 bridgehead atoms. The molecule has 0 aliphatic carbocycles. The fourth-order valence-corrected chi connectivity index (χ4v) is 9.82. The Balaban J connectivity index is 1.12. The van der Waals surface area contributed by atoms with E-state index in [9.17, 15) is 0 Å². The van der Waals surface area contributed by atoms with E-state index in [4.69, 9.17) is 4.98 Å². The Hall–Kier alpha value is -8.02. The maximum Gasteiger partial charge on any atom is 0.191 e. The second kappa shape index (κ2) is 16.0. The maximum atomic E-state index is 5.17. The summed E-state index contributed by atoms with van der Waals surface area (Å²) in [6.45, 7) is 11.2. The van der Waals surface area contributed by atoms with Crippen LogP contribution in [0.15, 0.2) is 213 Å². The van der Waals surface area contributed by atoms with Gasteiger partial charge in [-0.3, -0.25) is 4.57 Å². The number of imidazole rings is 1. The number of pyridine rings is 1. The van der Waals surface area contributed by atoms with E-state index in [1.807, 2.05) is 6.20 Å². The average Bonchev–Trinajstić information content (AvgIpc) is 3.90. The maximum absolute atomic E-state index is 5.17. The second-order valence-electron chi connectivity index (χ2n) is 18.0. The van der Waals surface area contributed by atoms with Gasteiger partial charge in [0.1, 0.15) is 11.5 Å². The summed E-state index contributed by atoms with van der Waals surface area (Å²) in [5, 5.41) is 2.36. The molecular weight excluding hydrogens is 791 g/mol. The molecule has 0 saturated heterocycles. The lowest BCUT2D eigenvalue weighted by Gasteiger charge is -2.29. The zero-order valence-corrected chi connectivity index (χ0v) is 37.4. The first kappa shape index (κ1) is 39.8. The Bertz CT molecular complexity index is 3480. The second-order valence-corrected chi connectivity index (χ2v) is 18.0. The van der Waals surface area contributed by atoms with Gasteiger partial charge in [0.05, 0.1) is 27.9 Å². The lowest BCUT2D eigenvalue weighted by Crippen LogP contribution is -2.20. The van der Waals surface area contributed by atoms with Gasteiger partial charge >= 0.3 is 0 Å². The third-order valence-corrected chi connectivity index (χ3v) is 12.8. The highest BCUT2D eigenvalue weighted by atomic mass is 15.2. The number of para-hydroxylation sites is 4. The van der Waals surface area contributed by atoms with Crippen LogP contribution in [-0.4, -0.2) is 18.7 Å². The summed E-state index contributed by atoms with van der Waals surface area (Å²) in [6.07, 6.45) is 4.22. The van der Waals surface area contributed by atoms with Crippen LogP contribution in [-0.2, 0) is 5.54 Å². The van der Waals surface area contributed by atoms with Crippen LogP contribution in [0.5, 0.6) is 0 Å². The number of hydrogen-bond donors (Lipinski definition) is 0. The number of fused-ring (bicyclic) bond motifs is 4. The average molecular weight is 841 g/mol. The van der Waals surface area contributed by atoms with Gasteiger partial charge in [0.15, 0.2) is 17.4 Å². The Morgan fingerprint density at radius 1 is 0.477 bits per heavy atom. The molecule has 0 saturated carbocycles. The quantitative estimate of drug-likeness (QED) is 0.143. The molecule has 0 radical (unpaired) electrons. The van der Waals surface area contributed by atoms with E-state index in [1.165, 1.54) is 66.4 Å². The van der Waals surface area contributed by atoms with Crippen LogP contribution >= 0.6 is 0 Å². The van der Waals surface area contributed by atoms with Crippen molar-refractivity contribution in [3.05, 3.63) is 224 Å². The van der Waals surface area contributed by atoms with Crippen molar-refractivity contribution in [1.82, 2.24) is 18.7 Å². The molecule has 5 heteroatoms. The fraction of sp³-hybridized carbons (Fsp3) is 0.100. The van der Waals surface area contributed by atoms with Crippen LogP contribution in [0.3, 0.4) is 0 Å². The first-order valence-electron chi connectivity index (χ1n) is 22.5. The Morgan fingerprint density at radius 2 is 1.06 bits per heavy atom. The molecule has 314 valence electrons. The van der Waals surface area contributed by atoms with Gasteiger partial charge in [-0.25, -0.2) is 9.55 Å². The van der Waals surface area contributed by atoms with E-state index < -0.39 is 0 Å². The van der Waals surface area contributed by atoms with Crippen LogP contribution in [0.2, 0.25) is 0 Å². The zero-order chi connectivity index (χ0) is 44.2. The first-order valence-corrected chi connectivity index (χ1v) is 22.5. The van der Waals surface area contributed by atoms with Crippen LogP contribution < -0.4 is 4.90 Å². The highest BCUT2D eigenvalue weighted by molar-refractivity contribution is 6.10. The highest BCUT2D eigenvalue weighted by Crippen LogP contribution is 2.44. The SMILES string of the molecule is Cc1cccc(C)c1N(c1cccc(-n2[cH+]n(C(C)(C)C)c3ccccc32)c1)c1ccc2c3ccccc3n(-c3cc(-c4c(-c5ccccc5)cccc4-c4ccccc4)ccn3)c2c1. The molecule has 0 unspecified atom stereocenters. The van der Waals surface area contributed by atoms with Crippen molar-refractivity contribution in [1.29, 1.82) is 0 Å². The van der Waals surface area contributed by atoms with Gasteiger partial charge < -0.3 is 4.90 Å². The molecule has 0 aliphatic heterocycles. The van der Waals surface area contributed by atoms with E-state index >= 15 is 0 Å². The smallest absolute Gasteiger partial charge is 0.191 e. The molecule has 0 spiro atoms. The highest BCUT2D eigenvalue weighted by Gasteiger charge is 2.26. The first-order chi connectivity index (χ1) is 31.7. The van der Waals surface area contributed by atoms with Crippen molar-refractivity contribution in [3.8, 4) is 44.9 Å². The van der Waals surface area contributed by atoms with E-state index in [0.717, 1.165) is 39.5 Å². The van der Waals surface area contributed by atoms with Gasteiger partial charge in [-0.15, -0.1) is 0 Å². The summed E-state index contributed by atoms with van der Waals surface area (Å²) in [5.74, 6) is 0.861. The fourth-order valence-electron chi connectivity index (χ4n) is 9.82. The lowest BCUT2D eigenvalue weighted by molar-refractivity contribution is 0.406. The molecule has 11 rings (SSSR count). The van der Waals surface area contributed by atoms with Gasteiger partial charge in [-0.05, 0) is 134 Å². The zero-order valence-electron chi connectivity index (χ0n) is 37.4. The van der Waals surface area contributed by atoms with Crippen molar-refractivity contribution in [2.24, 2.45) is 0 Å². The van der Waals surface area contributed by atoms with Gasteiger partial charge in [0.2, 0.25) is 0 Å². The molecule has 0 atom stereocenters. The van der Waals surface area contributed by atoms with E-state index in [-0.39, 0.29) is 5.54 Å². The summed E-state index contributed by atoms with van der Waals surface area (Å²) >= 11 is 0. The predicted octanol–water partition coefficient (Wildman–Crippen LogP) is 16.0. The molecule has 0 fully saturated rings. The van der Waals surface area contributed by atoms with Gasteiger partial charge in [0.25, 0.3) is 0 Å². The summed E-state index contributed by atoms with van der Waals surface area (Å²) in [4.78, 5) is 7.60. The van der Waals surface area contributed by atoms with Gasteiger partial charge in [-0.2, -0.15) is 4.57 Å². The van der Waals surface area contributed by atoms with Crippen molar-refractivity contribution >= 4 is 49.9 Å². The monoisotopic (exact) mass is 840 g/mol. The Morgan fingerprint density at radius 3 is 1.75 bits per heavy atom. The molecule has 5 nitrogen and oxygen atoms in total. The van der Waals surface area contributed by atoms with Gasteiger partial charge in [0, 0.05) is 46.9 Å². The third-order valence-electron chi connectivity index (χ3n) is 12.8. The molecule has 3 heterocycles. The number of nitrogens with zero attached hydrogens (tertiary/aromatic N) is 5. The largest absolute Gasteiger partial charge is 0.309 e. The molecule has 65 heavy (non-hydrogen) atoms.